The highest BCUT2D eigenvalue weighted by Crippen LogP contribution is 2.34. The van der Waals surface area contributed by atoms with Crippen LogP contribution < -0.4 is 14.8 Å². The number of hydrogen-bond donors (Lipinski definition) is 1. The molecule has 1 aromatic carbocycles. The van der Waals surface area contributed by atoms with Gasteiger partial charge in [0.2, 0.25) is 5.91 Å². The van der Waals surface area contributed by atoms with Crippen LogP contribution in [0.5, 0.6) is 11.5 Å². The largest absolute Gasteiger partial charge is 0.490 e. The molecule has 0 aromatic heterocycles. The molecular formula is C21H32N2O5. The summed E-state index contributed by atoms with van der Waals surface area (Å²) in [5, 5.41) is 2.63. The highest BCUT2D eigenvalue weighted by atomic mass is 16.6. The van der Waals surface area contributed by atoms with Gasteiger partial charge in [-0.1, -0.05) is 0 Å². The molecule has 0 fully saturated rings. The fourth-order valence-electron chi connectivity index (χ4n) is 3.06. The van der Waals surface area contributed by atoms with Crippen LogP contribution in [0.3, 0.4) is 0 Å². The Balaban J connectivity index is 1.94. The van der Waals surface area contributed by atoms with Crippen LogP contribution in [0.2, 0.25) is 0 Å². The lowest BCUT2D eigenvalue weighted by molar-refractivity contribution is -0.132. The van der Waals surface area contributed by atoms with E-state index in [0.717, 1.165) is 17.7 Å². The highest BCUT2D eigenvalue weighted by Gasteiger charge is 2.23. The molecule has 1 N–H and O–H groups in total. The first-order chi connectivity index (χ1) is 13.2. The first-order valence-electron chi connectivity index (χ1n) is 9.89. The van der Waals surface area contributed by atoms with Gasteiger partial charge in [-0.3, -0.25) is 4.79 Å². The number of rotatable bonds is 7. The van der Waals surface area contributed by atoms with E-state index in [1.807, 2.05) is 30.9 Å². The van der Waals surface area contributed by atoms with Gasteiger partial charge in [0.05, 0.1) is 13.2 Å². The SMILES string of the molecule is CCOc1cc2c(cc1OCC)CN(C(=O)CCNC(=O)OC(C)(C)C)CC2. The van der Waals surface area contributed by atoms with E-state index >= 15 is 0 Å². The van der Waals surface area contributed by atoms with Gasteiger partial charge in [-0.25, -0.2) is 4.79 Å². The van der Waals surface area contributed by atoms with E-state index in [4.69, 9.17) is 14.2 Å². The summed E-state index contributed by atoms with van der Waals surface area (Å²) >= 11 is 0. The molecule has 7 nitrogen and oxygen atoms in total. The van der Waals surface area contributed by atoms with Crippen molar-refractivity contribution < 1.29 is 23.8 Å². The summed E-state index contributed by atoms with van der Waals surface area (Å²) in [6.45, 7) is 11.9. The molecule has 7 heteroatoms. The minimum Gasteiger partial charge on any atom is -0.490 e. The number of carbonyl (C=O) groups excluding carboxylic acids is 2. The minimum absolute atomic E-state index is 0.00792. The van der Waals surface area contributed by atoms with Crippen LogP contribution >= 0.6 is 0 Å². The maximum absolute atomic E-state index is 12.5. The van der Waals surface area contributed by atoms with Gasteiger partial charge in [0.25, 0.3) is 0 Å². The zero-order chi connectivity index (χ0) is 20.7. The molecule has 0 atom stereocenters. The Morgan fingerprint density at radius 1 is 1.07 bits per heavy atom. The molecule has 1 aliphatic rings. The Bertz CT molecular complexity index is 697. The molecule has 1 aliphatic heterocycles. The number of alkyl carbamates (subject to hydrolysis) is 1. The van der Waals surface area contributed by atoms with Gasteiger partial charge >= 0.3 is 6.09 Å². The minimum atomic E-state index is -0.552. The molecular weight excluding hydrogens is 360 g/mol. The number of hydrogen-bond acceptors (Lipinski definition) is 5. The van der Waals surface area contributed by atoms with Gasteiger partial charge in [0.1, 0.15) is 5.60 Å². The van der Waals surface area contributed by atoms with Crippen LogP contribution in [-0.2, 0) is 22.5 Å². The molecule has 2 rings (SSSR count). The smallest absolute Gasteiger partial charge is 0.407 e. The topological polar surface area (TPSA) is 77.1 Å². The lowest BCUT2D eigenvalue weighted by atomic mass is 9.98. The summed E-state index contributed by atoms with van der Waals surface area (Å²) < 4.78 is 16.6. The highest BCUT2D eigenvalue weighted by molar-refractivity contribution is 5.77. The second-order valence-corrected chi connectivity index (χ2v) is 7.68. The maximum Gasteiger partial charge on any atom is 0.407 e. The van der Waals surface area contributed by atoms with Gasteiger partial charge in [0.15, 0.2) is 11.5 Å². The third kappa shape index (κ3) is 6.32. The van der Waals surface area contributed by atoms with Crippen LogP contribution in [0.15, 0.2) is 12.1 Å². The normalized spacial score (nSPS) is 13.5. The summed E-state index contributed by atoms with van der Waals surface area (Å²) in [5.74, 6) is 1.47. The standard InChI is InChI=1S/C21H32N2O5/c1-6-26-17-12-15-9-11-23(14-16(15)13-18(17)27-7-2)19(24)8-10-22-20(25)28-21(3,4)5/h12-13H,6-11,14H2,1-5H3,(H,22,25). The predicted molar refractivity (Wildman–Crippen MR) is 107 cm³/mol. The molecule has 1 aromatic rings. The van der Waals surface area contributed by atoms with E-state index in [2.05, 4.69) is 5.32 Å². The molecule has 28 heavy (non-hydrogen) atoms. The van der Waals surface area contributed by atoms with Gasteiger partial charge < -0.3 is 24.4 Å². The Kier molecular flexibility index (Phi) is 7.54. The average Bonchev–Trinajstić information content (AvgIpc) is 2.60. The van der Waals surface area contributed by atoms with Crippen molar-refractivity contribution in [3.63, 3.8) is 0 Å². The zero-order valence-electron chi connectivity index (χ0n) is 17.6. The van der Waals surface area contributed by atoms with Crippen molar-refractivity contribution in [2.45, 2.75) is 59.6 Å². The summed E-state index contributed by atoms with van der Waals surface area (Å²) in [6, 6.07) is 4.00. The molecule has 0 spiro atoms. The van der Waals surface area contributed by atoms with E-state index in [-0.39, 0.29) is 18.9 Å². The van der Waals surface area contributed by atoms with Crippen LogP contribution in [-0.4, -0.2) is 48.8 Å². The van der Waals surface area contributed by atoms with Gasteiger partial charge in [-0.2, -0.15) is 0 Å². The van der Waals surface area contributed by atoms with E-state index in [1.54, 1.807) is 20.8 Å². The summed E-state index contributed by atoms with van der Waals surface area (Å²) in [7, 11) is 0. The predicted octanol–water partition coefficient (Wildman–Crippen LogP) is 3.28. The lowest BCUT2D eigenvalue weighted by Crippen LogP contribution is -2.39. The molecule has 0 aliphatic carbocycles. The third-order valence-corrected chi connectivity index (χ3v) is 4.24. The first kappa shape index (κ1) is 21.9. The van der Waals surface area contributed by atoms with Crippen molar-refractivity contribution in [2.75, 3.05) is 26.3 Å². The Morgan fingerprint density at radius 3 is 2.25 bits per heavy atom. The Hall–Kier alpha value is -2.44. The average molecular weight is 392 g/mol. The number of benzene rings is 1. The van der Waals surface area contributed by atoms with E-state index < -0.39 is 11.7 Å². The monoisotopic (exact) mass is 392 g/mol. The maximum atomic E-state index is 12.5. The fraction of sp³-hybridized carbons (Fsp3) is 0.619. The molecule has 2 amide bonds. The van der Waals surface area contributed by atoms with E-state index in [9.17, 15) is 9.59 Å². The molecule has 0 bridgehead atoms. The summed E-state index contributed by atoms with van der Waals surface area (Å²) in [4.78, 5) is 26.0. The van der Waals surface area contributed by atoms with Crippen LogP contribution in [0, 0.1) is 0 Å². The van der Waals surface area contributed by atoms with E-state index in [0.29, 0.717) is 32.1 Å². The zero-order valence-corrected chi connectivity index (χ0v) is 17.6. The summed E-state index contributed by atoms with van der Waals surface area (Å²) in [5.41, 5.74) is 1.71. The van der Waals surface area contributed by atoms with Crippen molar-refractivity contribution in [2.24, 2.45) is 0 Å². The number of amides is 2. The second-order valence-electron chi connectivity index (χ2n) is 7.68. The first-order valence-corrected chi connectivity index (χ1v) is 9.89. The third-order valence-electron chi connectivity index (χ3n) is 4.24. The Morgan fingerprint density at radius 2 is 1.68 bits per heavy atom. The van der Waals surface area contributed by atoms with Crippen molar-refractivity contribution in [1.29, 1.82) is 0 Å². The van der Waals surface area contributed by atoms with Crippen molar-refractivity contribution in [1.82, 2.24) is 10.2 Å². The van der Waals surface area contributed by atoms with E-state index in [1.165, 1.54) is 5.56 Å². The molecule has 1 heterocycles. The fourth-order valence-corrected chi connectivity index (χ4v) is 3.06. The van der Waals surface area contributed by atoms with Crippen molar-refractivity contribution >= 4 is 12.0 Å². The molecule has 0 saturated heterocycles. The Labute approximate surface area is 167 Å². The van der Waals surface area contributed by atoms with Crippen LogP contribution in [0.4, 0.5) is 4.79 Å². The summed E-state index contributed by atoms with van der Waals surface area (Å²) in [6.07, 6.45) is 0.505. The molecule has 0 unspecified atom stereocenters. The second kappa shape index (κ2) is 9.66. The molecule has 0 radical (unpaired) electrons. The van der Waals surface area contributed by atoms with Crippen LogP contribution in [0.1, 0.15) is 52.2 Å². The molecule has 0 saturated carbocycles. The number of ether oxygens (including phenoxy) is 3. The molecule has 156 valence electrons. The van der Waals surface area contributed by atoms with Gasteiger partial charge in [-0.15, -0.1) is 0 Å². The number of nitrogens with zero attached hydrogens (tertiary/aromatic N) is 1. The number of nitrogens with one attached hydrogen (secondary N) is 1. The van der Waals surface area contributed by atoms with Gasteiger partial charge in [0, 0.05) is 26.1 Å². The lowest BCUT2D eigenvalue weighted by Gasteiger charge is -2.30. The van der Waals surface area contributed by atoms with Crippen molar-refractivity contribution in [3.05, 3.63) is 23.3 Å². The number of carbonyl (C=O) groups is 2. The van der Waals surface area contributed by atoms with Crippen molar-refractivity contribution in [3.8, 4) is 11.5 Å². The van der Waals surface area contributed by atoms with Crippen LogP contribution in [0.25, 0.3) is 0 Å². The van der Waals surface area contributed by atoms with Gasteiger partial charge in [-0.05, 0) is 64.3 Å². The quantitative estimate of drug-likeness (QED) is 0.771. The number of fused-ring (bicyclic) bond motifs is 1.